The Labute approximate surface area is 321 Å². The maximum absolute atomic E-state index is 5.29. The van der Waals surface area contributed by atoms with Gasteiger partial charge in [-0.2, -0.15) is 0 Å². The van der Waals surface area contributed by atoms with Gasteiger partial charge in [-0.15, -0.1) is 22.7 Å². The molecule has 1 spiro atoms. The van der Waals surface area contributed by atoms with Crippen LogP contribution in [-0.4, -0.2) is 15.0 Å². The molecule has 3 nitrogen and oxygen atoms in total. The van der Waals surface area contributed by atoms with Crippen molar-refractivity contribution in [2.24, 2.45) is 23.7 Å². The van der Waals surface area contributed by atoms with Crippen molar-refractivity contribution in [1.29, 1.82) is 0 Å². The van der Waals surface area contributed by atoms with Gasteiger partial charge >= 0.3 is 0 Å². The molecule has 54 heavy (non-hydrogen) atoms. The van der Waals surface area contributed by atoms with E-state index in [4.69, 9.17) is 15.0 Å². The minimum Gasteiger partial charge on any atom is -0.208 e. The highest BCUT2D eigenvalue weighted by Gasteiger charge is 2.62. The van der Waals surface area contributed by atoms with E-state index >= 15 is 0 Å². The molecular formula is C49H35N3S2. The van der Waals surface area contributed by atoms with Crippen molar-refractivity contribution >= 4 is 63.0 Å². The topological polar surface area (TPSA) is 38.7 Å². The molecule has 3 aromatic heterocycles. The smallest absolute Gasteiger partial charge is 0.164 e. The SMILES string of the molecule is c1ccc(-c2nc(-c3ccc4c(c3)-c3ccc5c(sc6ccccc65)c3C43C4CC5CC(C4)CC3C5)nc(-c3ccc4sc5ccccc5c4c3)n2)cc1. The summed E-state index contributed by atoms with van der Waals surface area (Å²) in [6, 6.07) is 46.9. The molecule has 0 radical (unpaired) electrons. The summed E-state index contributed by atoms with van der Waals surface area (Å²) in [5, 5.41) is 5.36. The van der Waals surface area contributed by atoms with Gasteiger partial charge in [-0.05, 0) is 114 Å². The molecule has 3 heterocycles. The number of nitrogens with zero attached hydrogens (tertiary/aromatic N) is 3. The quantitative estimate of drug-likeness (QED) is 0.182. The van der Waals surface area contributed by atoms with E-state index < -0.39 is 0 Å². The van der Waals surface area contributed by atoms with Gasteiger partial charge in [-0.3, -0.25) is 0 Å². The lowest BCUT2D eigenvalue weighted by Crippen LogP contribution is -2.55. The van der Waals surface area contributed by atoms with E-state index in [9.17, 15) is 0 Å². The number of fused-ring (bicyclic) bond motifs is 10. The predicted molar refractivity (Wildman–Crippen MR) is 225 cm³/mol. The van der Waals surface area contributed by atoms with Crippen LogP contribution in [0.15, 0.2) is 127 Å². The van der Waals surface area contributed by atoms with Crippen LogP contribution in [0.3, 0.4) is 0 Å². The summed E-state index contributed by atoms with van der Waals surface area (Å²) >= 11 is 3.86. The molecule has 0 saturated heterocycles. The minimum absolute atomic E-state index is 0.0786. The number of benzene rings is 6. The second-order valence-electron chi connectivity index (χ2n) is 16.4. The van der Waals surface area contributed by atoms with Crippen molar-refractivity contribution in [2.75, 3.05) is 0 Å². The van der Waals surface area contributed by atoms with Crippen LogP contribution in [0.2, 0.25) is 0 Å². The Balaban J connectivity index is 1.04. The fourth-order valence-corrected chi connectivity index (χ4v) is 14.2. The Bertz CT molecular complexity index is 3000. The second-order valence-corrected chi connectivity index (χ2v) is 18.5. The third-order valence-corrected chi connectivity index (χ3v) is 16.1. The molecule has 6 aromatic carbocycles. The van der Waals surface area contributed by atoms with Crippen molar-refractivity contribution in [2.45, 2.75) is 37.5 Å². The van der Waals surface area contributed by atoms with E-state index in [0.717, 1.165) is 34.4 Å². The summed E-state index contributed by atoms with van der Waals surface area (Å²) < 4.78 is 5.50. The number of hydrogen-bond acceptors (Lipinski definition) is 5. The molecule has 5 aliphatic rings. The van der Waals surface area contributed by atoms with Crippen molar-refractivity contribution in [1.82, 2.24) is 15.0 Å². The van der Waals surface area contributed by atoms with E-state index in [1.165, 1.54) is 83.6 Å². The molecule has 9 aromatic rings. The first-order valence-electron chi connectivity index (χ1n) is 19.5. The van der Waals surface area contributed by atoms with Crippen LogP contribution in [0, 0.1) is 23.7 Å². The lowest BCUT2D eigenvalue weighted by Gasteiger charge is -2.61. The van der Waals surface area contributed by atoms with E-state index in [1.807, 2.05) is 28.7 Å². The summed E-state index contributed by atoms with van der Waals surface area (Å²) in [6.45, 7) is 0. The van der Waals surface area contributed by atoms with Crippen molar-refractivity contribution < 1.29 is 0 Å². The first kappa shape index (κ1) is 30.1. The van der Waals surface area contributed by atoms with Crippen LogP contribution in [0.4, 0.5) is 0 Å². The average molecular weight is 730 g/mol. The monoisotopic (exact) mass is 729 g/mol. The van der Waals surface area contributed by atoms with Gasteiger partial charge in [0.1, 0.15) is 0 Å². The molecule has 0 aliphatic heterocycles. The Morgan fingerprint density at radius 2 is 1.04 bits per heavy atom. The zero-order valence-electron chi connectivity index (χ0n) is 29.6. The first-order chi connectivity index (χ1) is 26.7. The van der Waals surface area contributed by atoms with Gasteiger partial charge < -0.3 is 0 Å². The zero-order chi connectivity index (χ0) is 35.1. The van der Waals surface area contributed by atoms with Gasteiger partial charge in [0.15, 0.2) is 17.5 Å². The molecule has 14 rings (SSSR count). The Morgan fingerprint density at radius 1 is 0.444 bits per heavy atom. The van der Waals surface area contributed by atoms with Crippen molar-refractivity contribution in [3.8, 4) is 45.3 Å². The first-order valence-corrected chi connectivity index (χ1v) is 21.2. The van der Waals surface area contributed by atoms with Crippen LogP contribution in [-0.2, 0) is 5.41 Å². The van der Waals surface area contributed by atoms with Crippen LogP contribution in [0.5, 0.6) is 0 Å². The molecule has 0 amide bonds. The second kappa shape index (κ2) is 10.9. The Hall–Kier alpha value is -5.23. The number of hydrogen-bond donors (Lipinski definition) is 0. The standard InChI is InChI=1S/C49H35N3S2/c1-2-8-29(9-3-1)46-50-47(52-48(51-46)31-15-19-43-39(26-31)35-11-5-6-12-41(35)53-43)30-14-18-40-38(25-30)36-16-17-37-34-10-4-7-13-42(34)54-45(37)44(36)49(40)32-21-27-20-28(23-32)24-33(49)22-27/h1-19,25-28,32-33H,20-24H2. The van der Waals surface area contributed by atoms with Gasteiger partial charge in [0.25, 0.3) is 0 Å². The molecule has 4 fully saturated rings. The maximum atomic E-state index is 5.29. The third-order valence-electron chi connectivity index (χ3n) is 13.7. The summed E-state index contributed by atoms with van der Waals surface area (Å²) in [5.74, 6) is 5.35. The van der Waals surface area contributed by atoms with Gasteiger partial charge in [0, 0.05) is 62.4 Å². The normalized spacial score (nSPS) is 23.6. The van der Waals surface area contributed by atoms with Gasteiger partial charge in [-0.1, -0.05) is 91.0 Å². The number of rotatable bonds is 3. The van der Waals surface area contributed by atoms with Crippen molar-refractivity contribution in [3.05, 3.63) is 139 Å². The fourth-order valence-electron chi connectivity index (χ4n) is 11.8. The Kier molecular flexibility index (Phi) is 6.10. The van der Waals surface area contributed by atoms with Crippen LogP contribution in [0.25, 0.3) is 85.6 Å². The van der Waals surface area contributed by atoms with E-state index in [0.29, 0.717) is 23.5 Å². The zero-order valence-corrected chi connectivity index (χ0v) is 31.3. The summed E-state index contributed by atoms with van der Waals surface area (Å²) in [7, 11) is 0. The van der Waals surface area contributed by atoms with Crippen LogP contribution in [0.1, 0.15) is 43.2 Å². The lowest BCUT2D eigenvalue weighted by molar-refractivity contribution is -0.0393. The third kappa shape index (κ3) is 4.04. The van der Waals surface area contributed by atoms with Crippen molar-refractivity contribution in [3.63, 3.8) is 0 Å². The highest BCUT2D eigenvalue weighted by molar-refractivity contribution is 7.26. The molecule has 5 aliphatic carbocycles. The van der Waals surface area contributed by atoms with Crippen LogP contribution < -0.4 is 0 Å². The molecule has 0 unspecified atom stereocenters. The van der Waals surface area contributed by atoms with E-state index in [1.54, 1.807) is 11.1 Å². The van der Waals surface area contributed by atoms with E-state index in [2.05, 4.69) is 121 Å². The minimum atomic E-state index is 0.0786. The fraction of sp³-hybridized carbons (Fsp3) is 0.204. The number of aromatic nitrogens is 3. The van der Waals surface area contributed by atoms with Gasteiger partial charge in [-0.25, -0.2) is 15.0 Å². The molecule has 0 atom stereocenters. The predicted octanol–water partition coefficient (Wildman–Crippen LogP) is 13.3. The Morgan fingerprint density at radius 3 is 1.78 bits per heavy atom. The largest absolute Gasteiger partial charge is 0.208 e. The summed E-state index contributed by atoms with van der Waals surface area (Å²) in [5.41, 5.74) is 9.17. The summed E-state index contributed by atoms with van der Waals surface area (Å²) in [6.07, 6.45) is 6.94. The van der Waals surface area contributed by atoms with Gasteiger partial charge in [0.05, 0.1) is 0 Å². The molecule has 5 heteroatoms. The molecule has 258 valence electrons. The molecule has 0 N–H and O–H groups in total. The summed E-state index contributed by atoms with van der Waals surface area (Å²) in [4.78, 5) is 15.6. The lowest BCUT2D eigenvalue weighted by atomic mass is 9.43. The van der Waals surface area contributed by atoms with Gasteiger partial charge in [0.2, 0.25) is 0 Å². The maximum Gasteiger partial charge on any atom is 0.164 e. The van der Waals surface area contributed by atoms with E-state index in [-0.39, 0.29) is 5.41 Å². The van der Waals surface area contributed by atoms with Crippen LogP contribution >= 0.6 is 22.7 Å². The average Bonchev–Trinajstić information content (AvgIpc) is 3.88. The highest BCUT2D eigenvalue weighted by atomic mass is 32.1. The molecule has 4 bridgehead atoms. The molecular weight excluding hydrogens is 695 g/mol. The highest BCUT2D eigenvalue weighted by Crippen LogP contribution is 2.70. The number of thiophene rings is 2. The molecule has 4 saturated carbocycles.